The van der Waals surface area contributed by atoms with Gasteiger partial charge in [-0.15, -0.1) is 0 Å². The Morgan fingerprint density at radius 3 is 2.76 bits per heavy atom. The third-order valence-electron chi connectivity index (χ3n) is 3.01. The Morgan fingerprint density at radius 1 is 1.38 bits per heavy atom. The minimum absolute atomic E-state index is 0.0818. The van der Waals surface area contributed by atoms with E-state index in [-0.39, 0.29) is 11.4 Å². The average Bonchev–Trinajstić information content (AvgIpc) is 2.48. The largest absolute Gasteiger partial charge is 0.431 e. The van der Waals surface area contributed by atoms with Crippen LogP contribution < -0.4 is 10.1 Å². The molecule has 2 aromatic rings. The molecule has 21 heavy (non-hydrogen) atoms. The van der Waals surface area contributed by atoms with Crippen LogP contribution in [0.3, 0.4) is 0 Å². The number of nitrogens with one attached hydrogen (secondary N) is 1. The molecule has 0 unspecified atom stereocenters. The van der Waals surface area contributed by atoms with Gasteiger partial charge in [0.1, 0.15) is 12.1 Å². The number of nitro benzene ring substituents is 1. The molecule has 0 atom stereocenters. The van der Waals surface area contributed by atoms with Crippen LogP contribution in [0.1, 0.15) is 18.1 Å². The number of hydrogen-bond donors (Lipinski definition) is 1. The number of nitrogens with zero attached hydrogens (tertiary/aromatic N) is 3. The maximum atomic E-state index is 11.1. The molecule has 0 saturated heterocycles. The third kappa shape index (κ3) is 3.07. The van der Waals surface area contributed by atoms with Gasteiger partial charge >= 0.3 is 5.69 Å². The van der Waals surface area contributed by atoms with Crippen molar-refractivity contribution < 1.29 is 9.66 Å². The molecule has 1 N–H and O–H groups in total. The summed E-state index contributed by atoms with van der Waals surface area (Å²) in [5.74, 6) is 1.14. The summed E-state index contributed by atoms with van der Waals surface area (Å²) >= 11 is 0. The van der Waals surface area contributed by atoms with E-state index in [0.29, 0.717) is 18.1 Å². The van der Waals surface area contributed by atoms with Gasteiger partial charge in [0.15, 0.2) is 0 Å². The van der Waals surface area contributed by atoms with E-state index in [9.17, 15) is 10.1 Å². The Balaban J connectivity index is 2.46. The molecule has 0 saturated carbocycles. The van der Waals surface area contributed by atoms with Crippen molar-refractivity contribution in [3.8, 4) is 11.6 Å². The van der Waals surface area contributed by atoms with Crippen molar-refractivity contribution in [2.24, 2.45) is 0 Å². The van der Waals surface area contributed by atoms with E-state index in [2.05, 4.69) is 15.3 Å². The van der Waals surface area contributed by atoms with Crippen molar-refractivity contribution in [2.75, 3.05) is 12.4 Å². The Morgan fingerprint density at radius 2 is 2.14 bits per heavy atom. The molecule has 2 rings (SSSR count). The normalized spacial score (nSPS) is 10.2. The zero-order valence-corrected chi connectivity index (χ0v) is 12.1. The zero-order chi connectivity index (χ0) is 15.4. The summed E-state index contributed by atoms with van der Waals surface area (Å²) in [6.45, 7) is 3.73. The third-order valence-corrected chi connectivity index (χ3v) is 3.01. The maximum Gasteiger partial charge on any atom is 0.311 e. The summed E-state index contributed by atoms with van der Waals surface area (Å²) in [5.41, 5.74) is 1.49. The highest BCUT2D eigenvalue weighted by Gasteiger charge is 2.18. The first kappa shape index (κ1) is 14.7. The first-order chi connectivity index (χ1) is 10.1. The standard InChI is InChI=1S/C14H16N4O3/c1-4-10-13(15-3)16-8-17-14(10)21-12-6-5-9(2)7-11(12)18(19)20/h5-8H,4H2,1-3H3,(H,15,16,17). The first-order valence-electron chi connectivity index (χ1n) is 6.51. The van der Waals surface area contributed by atoms with Crippen LogP contribution in [-0.4, -0.2) is 21.9 Å². The van der Waals surface area contributed by atoms with Crippen LogP contribution >= 0.6 is 0 Å². The molecule has 1 heterocycles. The summed E-state index contributed by atoms with van der Waals surface area (Å²) in [7, 11) is 1.75. The molecule has 0 aliphatic heterocycles. The number of anilines is 1. The van der Waals surface area contributed by atoms with E-state index in [1.807, 2.05) is 6.92 Å². The average molecular weight is 288 g/mol. The quantitative estimate of drug-likeness (QED) is 0.671. The highest BCUT2D eigenvalue weighted by molar-refractivity contribution is 5.53. The summed E-state index contributed by atoms with van der Waals surface area (Å²) in [4.78, 5) is 18.8. The highest BCUT2D eigenvalue weighted by atomic mass is 16.6. The Hall–Kier alpha value is -2.70. The molecule has 0 fully saturated rings. The summed E-state index contributed by atoms with van der Waals surface area (Å²) < 4.78 is 5.66. The number of nitro groups is 1. The van der Waals surface area contributed by atoms with Gasteiger partial charge in [-0.05, 0) is 25.0 Å². The van der Waals surface area contributed by atoms with E-state index in [1.54, 1.807) is 26.1 Å². The lowest BCUT2D eigenvalue weighted by Gasteiger charge is -2.12. The van der Waals surface area contributed by atoms with E-state index in [1.165, 1.54) is 12.4 Å². The lowest BCUT2D eigenvalue weighted by Crippen LogP contribution is -2.03. The number of rotatable bonds is 5. The van der Waals surface area contributed by atoms with Crippen molar-refractivity contribution >= 4 is 11.5 Å². The molecule has 0 spiro atoms. The van der Waals surface area contributed by atoms with E-state index in [0.717, 1.165) is 11.1 Å². The smallest absolute Gasteiger partial charge is 0.311 e. The molecule has 7 nitrogen and oxygen atoms in total. The van der Waals surface area contributed by atoms with Gasteiger partial charge in [-0.25, -0.2) is 9.97 Å². The number of aromatic nitrogens is 2. The van der Waals surface area contributed by atoms with Crippen LogP contribution in [0.4, 0.5) is 11.5 Å². The fraction of sp³-hybridized carbons (Fsp3) is 0.286. The Bertz CT molecular complexity index is 673. The minimum atomic E-state index is -0.464. The van der Waals surface area contributed by atoms with Crippen LogP contribution in [0, 0.1) is 17.0 Å². The number of aryl methyl sites for hydroxylation is 1. The van der Waals surface area contributed by atoms with E-state index < -0.39 is 4.92 Å². The van der Waals surface area contributed by atoms with Crippen LogP contribution in [0.25, 0.3) is 0 Å². The predicted molar refractivity (Wildman–Crippen MR) is 78.9 cm³/mol. The van der Waals surface area contributed by atoms with Crippen molar-refractivity contribution in [1.29, 1.82) is 0 Å². The van der Waals surface area contributed by atoms with Crippen LogP contribution in [0.5, 0.6) is 11.6 Å². The SMILES string of the molecule is CCc1c(NC)ncnc1Oc1ccc(C)cc1[N+](=O)[O-]. The van der Waals surface area contributed by atoms with Crippen molar-refractivity contribution in [2.45, 2.75) is 20.3 Å². The molecule has 0 aliphatic carbocycles. The molecular weight excluding hydrogens is 272 g/mol. The fourth-order valence-electron chi connectivity index (χ4n) is 1.98. The van der Waals surface area contributed by atoms with Gasteiger partial charge in [0, 0.05) is 13.1 Å². The second-order valence-corrected chi connectivity index (χ2v) is 4.44. The fourth-order valence-corrected chi connectivity index (χ4v) is 1.98. The van der Waals surface area contributed by atoms with Crippen molar-refractivity contribution in [3.63, 3.8) is 0 Å². The molecule has 0 radical (unpaired) electrons. The molecular formula is C14H16N4O3. The molecule has 7 heteroatoms. The number of hydrogen-bond acceptors (Lipinski definition) is 6. The maximum absolute atomic E-state index is 11.1. The first-order valence-corrected chi connectivity index (χ1v) is 6.51. The molecule has 0 amide bonds. The van der Waals surface area contributed by atoms with Crippen LogP contribution in [-0.2, 0) is 6.42 Å². The predicted octanol–water partition coefficient (Wildman–Crippen LogP) is 3.09. The molecule has 110 valence electrons. The van der Waals surface area contributed by atoms with Gasteiger partial charge in [0.2, 0.25) is 11.6 Å². The second kappa shape index (κ2) is 6.17. The minimum Gasteiger partial charge on any atom is -0.431 e. The number of benzene rings is 1. The van der Waals surface area contributed by atoms with Gasteiger partial charge in [0.05, 0.1) is 10.5 Å². The zero-order valence-electron chi connectivity index (χ0n) is 12.1. The molecule has 1 aromatic carbocycles. The van der Waals surface area contributed by atoms with Crippen LogP contribution in [0.2, 0.25) is 0 Å². The summed E-state index contributed by atoms with van der Waals surface area (Å²) in [5, 5.41) is 14.1. The van der Waals surface area contributed by atoms with Gasteiger partial charge in [-0.3, -0.25) is 10.1 Å². The Labute approximate surface area is 122 Å². The van der Waals surface area contributed by atoms with E-state index in [4.69, 9.17) is 4.74 Å². The molecule has 0 aliphatic rings. The van der Waals surface area contributed by atoms with Crippen LogP contribution in [0.15, 0.2) is 24.5 Å². The number of ether oxygens (including phenoxy) is 1. The molecule has 1 aromatic heterocycles. The van der Waals surface area contributed by atoms with Crippen molar-refractivity contribution in [1.82, 2.24) is 9.97 Å². The van der Waals surface area contributed by atoms with E-state index >= 15 is 0 Å². The summed E-state index contributed by atoms with van der Waals surface area (Å²) in [6, 6.07) is 4.81. The second-order valence-electron chi connectivity index (χ2n) is 4.44. The Kier molecular flexibility index (Phi) is 4.32. The lowest BCUT2D eigenvalue weighted by molar-refractivity contribution is -0.385. The highest BCUT2D eigenvalue weighted by Crippen LogP contribution is 2.33. The van der Waals surface area contributed by atoms with Gasteiger partial charge < -0.3 is 10.1 Å². The van der Waals surface area contributed by atoms with Gasteiger partial charge in [0.25, 0.3) is 0 Å². The van der Waals surface area contributed by atoms with Gasteiger partial charge in [-0.1, -0.05) is 13.0 Å². The topological polar surface area (TPSA) is 90.2 Å². The van der Waals surface area contributed by atoms with Gasteiger partial charge in [-0.2, -0.15) is 0 Å². The lowest BCUT2D eigenvalue weighted by atomic mass is 10.2. The van der Waals surface area contributed by atoms with Crippen molar-refractivity contribution in [3.05, 3.63) is 45.8 Å². The molecule has 0 bridgehead atoms. The monoisotopic (exact) mass is 288 g/mol. The summed E-state index contributed by atoms with van der Waals surface area (Å²) in [6.07, 6.45) is 2.01.